The molecule has 0 unspecified atom stereocenters. The molecule has 2 heterocycles. The third kappa shape index (κ3) is 4.84. The van der Waals surface area contributed by atoms with Gasteiger partial charge in [-0.1, -0.05) is 78.3 Å². The minimum atomic E-state index is -0.0830. The van der Waals surface area contributed by atoms with Gasteiger partial charge in [-0.15, -0.1) is 0 Å². The van der Waals surface area contributed by atoms with Crippen LogP contribution in [0.3, 0.4) is 0 Å². The van der Waals surface area contributed by atoms with E-state index in [0.717, 1.165) is 38.4 Å². The number of thioether (sulfide) groups is 1. The average Bonchev–Trinajstić information content (AvgIpc) is 3.43. The molecule has 0 spiro atoms. The number of aliphatic imine (C=N–C) groups is 1. The number of benzene rings is 4. The van der Waals surface area contributed by atoms with Crippen LogP contribution in [0.25, 0.3) is 17.0 Å². The number of anilines is 1. The third-order valence-corrected chi connectivity index (χ3v) is 7.39. The molecule has 1 aliphatic rings. The van der Waals surface area contributed by atoms with Gasteiger partial charge in [-0.2, -0.15) is 0 Å². The number of carbonyl (C=O) groups excluding carboxylic acids is 1. The second kappa shape index (κ2) is 10.1. The summed E-state index contributed by atoms with van der Waals surface area (Å²) in [7, 11) is 0. The van der Waals surface area contributed by atoms with Crippen LogP contribution in [0.5, 0.6) is 0 Å². The molecule has 6 rings (SSSR count). The lowest BCUT2D eigenvalue weighted by atomic mass is 10.1. The van der Waals surface area contributed by atoms with Crippen LogP contribution in [0.2, 0.25) is 5.02 Å². The van der Waals surface area contributed by atoms with Crippen LogP contribution in [0.4, 0.5) is 11.4 Å². The molecule has 1 amide bonds. The molecule has 1 saturated heterocycles. The van der Waals surface area contributed by atoms with Gasteiger partial charge < -0.3 is 4.57 Å². The summed E-state index contributed by atoms with van der Waals surface area (Å²) in [6.45, 7) is 0.707. The number of amides is 1. The van der Waals surface area contributed by atoms with E-state index in [1.807, 2.05) is 103 Å². The molecular formula is C31H22ClN3OS. The molecule has 0 bridgehead atoms. The van der Waals surface area contributed by atoms with Gasteiger partial charge in [0.25, 0.3) is 5.91 Å². The number of amidine groups is 1. The van der Waals surface area contributed by atoms with E-state index >= 15 is 0 Å². The highest BCUT2D eigenvalue weighted by atomic mass is 35.5. The maximum atomic E-state index is 13.7. The van der Waals surface area contributed by atoms with Crippen molar-refractivity contribution in [2.45, 2.75) is 6.54 Å². The van der Waals surface area contributed by atoms with Crippen LogP contribution in [0.15, 0.2) is 125 Å². The first-order valence-electron chi connectivity index (χ1n) is 11.9. The Hall–Kier alpha value is -4.06. The molecule has 0 aliphatic carbocycles. The predicted octanol–water partition coefficient (Wildman–Crippen LogP) is 8.15. The lowest BCUT2D eigenvalue weighted by Crippen LogP contribution is -2.28. The average molecular weight is 520 g/mol. The van der Waals surface area contributed by atoms with Crippen molar-refractivity contribution in [1.29, 1.82) is 0 Å². The second-order valence-electron chi connectivity index (χ2n) is 8.67. The minimum absolute atomic E-state index is 0.0830. The number of halogens is 1. The maximum absolute atomic E-state index is 13.7. The van der Waals surface area contributed by atoms with Gasteiger partial charge in [-0.25, -0.2) is 4.99 Å². The number of carbonyl (C=O) groups is 1. The van der Waals surface area contributed by atoms with Crippen molar-refractivity contribution >= 4 is 62.8 Å². The van der Waals surface area contributed by atoms with Crippen molar-refractivity contribution in [3.63, 3.8) is 0 Å². The zero-order valence-electron chi connectivity index (χ0n) is 19.8. The van der Waals surface area contributed by atoms with Crippen LogP contribution in [-0.4, -0.2) is 15.6 Å². The Labute approximate surface area is 224 Å². The van der Waals surface area contributed by atoms with Gasteiger partial charge in [0.2, 0.25) is 0 Å². The lowest BCUT2D eigenvalue weighted by Gasteiger charge is -2.15. The first kappa shape index (κ1) is 23.3. The SMILES string of the molecule is O=C1/C(=C/c2cn(Cc3ccc(Cl)cc3)c3ccccc23)SC(=Nc2ccccc2)N1c1ccccc1. The normalized spacial score (nSPS) is 15.8. The number of aromatic nitrogens is 1. The van der Waals surface area contributed by atoms with Crippen LogP contribution in [-0.2, 0) is 11.3 Å². The fourth-order valence-corrected chi connectivity index (χ4v) is 5.53. The maximum Gasteiger partial charge on any atom is 0.271 e. The number of para-hydroxylation sites is 3. The molecule has 1 fully saturated rings. The molecule has 4 aromatic carbocycles. The third-order valence-electron chi connectivity index (χ3n) is 6.17. The first-order valence-corrected chi connectivity index (χ1v) is 13.1. The summed E-state index contributed by atoms with van der Waals surface area (Å²) in [4.78, 5) is 20.9. The summed E-state index contributed by atoms with van der Waals surface area (Å²) in [5.74, 6) is -0.0830. The summed E-state index contributed by atoms with van der Waals surface area (Å²) in [5.41, 5.74) is 4.86. The lowest BCUT2D eigenvalue weighted by molar-refractivity contribution is -0.113. The van der Waals surface area contributed by atoms with Gasteiger partial charge in [0, 0.05) is 34.2 Å². The van der Waals surface area contributed by atoms with Crippen molar-refractivity contribution in [1.82, 2.24) is 4.57 Å². The molecule has 0 atom stereocenters. The van der Waals surface area contributed by atoms with E-state index in [4.69, 9.17) is 16.6 Å². The number of nitrogens with zero attached hydrogens (tertiary/aromatic N) is 3. The van der Waals surface area contributed by atoms with E-state index in [0.29, 0.717) is 16.6 Å². The standard InChI is InChI=1S/C31H22ClN3OS/c32-24-17-15-22(16-18-24)20-34-21-23(27-13-7-8-14-28(27)34)19-29-30(36)35(26-11-5-2-6-12-26)31(37-29)33-25-9-3-1-4-10-25/h1-19,21H,20H2/b29-19-,33-31?. The van der Waals surface area contributed by atoms with Crippen LogP contribution >= 0.6 is 23.4 Å². The topological polar surface area (TPSA) is 37.6 Å². The second-order valence-corrected chi connectivity index (χ2v) is 10.1. The highest BCUT2D eigenvalue weighted by Gasteiger charge is 2.35. The zero-order valence-corrected chi connectivity index (χ0v) is 21.4. The summed E-state index contributed by atoms with van der Waals surface area (Å²) >= 11 is 7.48. The Bertz CT molecular complexity index is 1640. The van der Waals surface area contributed by atoms with Gasteiger partial charge >= 0.3 is 0 Å². The largest absolute Gasteiger partial charge is 0.342 e. The molecule has 6 heteroatoms. The van der Waals surface area contributed by atoms with Crippen molar-refractivity contribution < 1.29 is 4.79 Å². The molecular weight excluding hydrogens is 498 g/mol. The molecule has 1 aliphatic heterocycles. The van der Waals surface area contributed by atoms with Gasteiger partial charge in [-0.05, 0) is 65.9 Å². The summed E-state index contributed by atoms with van der Waals surface area (Å²) in [5, 5.41) is 2.45. The first-order chi connectivity index (χ1) is 18.2. The van der Waals surface area contributed by atoms with Gasteiger partial charge in [0.05, 0.1) is 16.3 Å². The van der Waals surface area contributed by atoms with E-state index in [9.17, 15) is 4.79 Å². The van der Waals surface area contributed by atoms with Crippen LogP contribution in [0, 0.1) is 0 Å². The Morgan fingerprint density at radius 1 is 0.811 bits per heavy atom. The Morgan fingerprint density at radius 3 is 2.24 bits per heavy atom. The number of fused-ring (bicyclic) bond motifs is 1. The van der Waals surface area contributed by atoms with Gasteiger partial charge in [0.1, 0.15) is 0 Å². The molecule has 5 aromatic rings. The minimum Gasteiger partial charge on any atom is -0.342 e. The fraction of sp³-hybridized carbons (Fsp3) is 0.0323. The fourth-order valence-electron chi connectivity index (χ4n) is 4.42. The van der Waals surface area contributed by atoms with Crippen LogP contribution < -0.4 is 4.90 Å². The van der Waals surface area contributed by atoms with Crippen molar-refractivity contribution in [3.05, 3.63) is 136 Å². The molecule has 4 nitrogen and oxygen atoms in total. The molecule has 180 valence electrons. The number of hydrogen-bond donors (Lipinski definition) is 0. The highest BCUT2D eigenvalue weighted by molar-refractivity contribution is 8.19. The number of rotatable bonds is 5. The molecule has 0 saturated carbocycles. The van der Waals surface area contributed by atoms with Crippen molar-refractivity contribution in [3.8, 4) is 0 Å². The highest BCUT2D eigenvalue weighted by Crippen LogP contribution is 2.38. The van der Waals surface area contributed by atoms with E-state index < -0.39 is 0 Å². The Morgan fingerprint density at radius 2 is 1.49 bits per heavy atom. The Kier molecular flexibility index (Phi) is 6.39. The van der Waals surface area contributed by atoms with Crippen LogP contribution in [0.1, 0.15) is 11.1 Å². The van der Waals surface area contributed by atoms with Crippen molar-refractivity contribution in [2.24, 2.45) is 4.99 Å². The van der Waals surface area contributed by atoms with E-state index in [2.05, 4.69) is 22.9 Å². The van der Waals surface area contributed by atoms with E-state index in [1.54, 1.807) is 4.90 Å². The van der Waals surface area contributed by atoms with Gasteiger partial charge in [-0.3, -0.25) is 9.69 Å². The van der Waals surface area contributed by atoms with Crippen molar-refractivity contribution in [2.75, 3.05) is 4.90 Å². The monoisotopic (exact) mass is 519 g/mol. The molecule has 0 radical (unpaired) electrons. The smallest absolute Gasteiger partial charge is 0.271 e. The summed E-state index contributed by atoms with van der Waals surface area (Å²) in [6.07, 6.45) is 4.09. The van der Waals surface area contributed by atoms with Gasteiger partial charge in [0.15, 0.2) is 5.17 Å². The summed E-state index contributed by atoms with van der Waals surface area (Å²) in [6, 6.07) is 35.5. The summed E-state index contributed by atoms with van der Waals surface area (Å²) < 4.78 is 2.21. The van der Waals surface area contributed by atoms with E-state index in [-0.39, 0.29) is 5.91 Å². The number of hydrogen-bond acceptors (Lipinski definition) is 3. The molecule has 0 N–H and O–H groups in total. The Balaban J connectivity index is 1.41. The zero-order chi connectivity index (χ0) is 25.2. The molecule has 37 heavy (non-hydrogen) atoms. The molecule has 1 aromatic heterocycles. The predicted molar refractivity (Wildman–Crippen MR) is 156 cm³/mol. The van der Waals surface area contributed by atoms with E-state index in [1.165, 1.54) is 11.8 Å². The quantitative estimate of drug-likeness (QED) is 0.220.